The van der Waals surface area contributed by atoms with Gasteiger partial charge in [-0.1, -0.05) is 6.07 Å². The maximum absolute atomic E-state index is 15.0. The lowest BCUT2D eigenvalue weighted by molar-refractivity contribution is 0.0741. The molecule has 2 aliphatic rings. The molecule has 0 saturated carbocycles. The van der Waals surface area contributed by atoms with E-state index in [4.69, 9.17) is 14.5 Å². The maximum Gasteiger partial charge on any atom is 0.414 e. The van der Waals surface area contributed by atoms with Crippen molar-refractivity contribution in [2.24, 2.45) is 0 Å². The number of amides is 2. The van der Waals surface area contributed by atoms with Crippen LogP contribution in [0.25, 0.3) is 0 Å². The van der Waals surface area contributed by atoms with Crippen molar-refractivity contribution in [3.8, 4) is 0 Å². The molecule has 0 spiro atoms. The Labute approximate surface area is 199 Å². The van der Waals surface area contributed by atoms with E-state index in [1.54, 1.807) is 11.0 Å². The number of halogens is 1. The number of rotatable bonds is 6. The number of anilines is 2. The average Bonchev–Trinajstić information content (AvgIpc) is 3.19. The Kier molecular flexibility index (Phi) is 7.02. The van der Waals surface area contributed by atoms with Gasteiger partial charge in [-0.2, -0.15) is 0 Å². The van der Waals surface area contributed by atoms with E-state index in [1.807, 2.05) is 27.7 Å². The normalized spacial score (nSPS) is 18.4. The summed E-state index contributed by atoms with van der Waals surface area (Å²) in [6, 6.07) is 6.04. The monoisotopic (exact) mass is 470 g/mol. The summed E-state index contributed by atoms with van der Waals surface area (Å²) >= 11 is 0. The van der Waals surface area contributed by atoms with Crippen LogP contribution in [-0.2, 0) is 9.47 Å². The van der Waals surface area contributed by atoms with E-state index in [0.717, 1.165) is 22.6 Å². The molecular weight excluding hydrogens is 439 g/mol. The Balaban J connectivity index is 1.44. The Morgan fingerprint density at radius 2 is 1.88 bits per heavy atom. The summed E-state index contributed by atoms with van der Waals surface area (Å²) in [7, 11) is 0. The maximum atomic E-state index is 15.0. The number of carbonyl (C=O) groups is 2. The second-order valence-electron chi connectivity index (χ2n) is 8.73. The molecule has 34 heavy (non-hydrogen) atoms. The van der Waals surface area contributed by atoms with Crippen molar-refractivity contribution in [3.05, 3.63) is 52.5 Å². The van der Waals surface area contributed by atoms with Gasteiger partial charge in [-0.25, -0.2) is 14.2 Å². The predicted molar refractivity (Wildman–Crippen MR) is 127 cm³/mol. The van der Waals surface area contributed by atoms with E-state index in [2.05, 4.69) is 11.0 Å². The van der Waals surface area contributed by atoms with Gasteiger partial charge in [-0.05, 0) is 57.0 Å². The van der Waals surface area contributed by atoms with Gasteiger partial charge in [0.1, 0.15) is 18.2 Å². The molecule has 2 amide bonds. The van der Waals surface area contributed by atoms with Crippen molar-refractivity contribution in [2.75, 3.05) is 55.8 Å². The zero-order chi connectivity index (χ0) is 24.4. The summed E-state index contributed by atoms with van der Waals surface area (Å²) in [6.45, 7) is 11.1. The van der Waals surface area contributed by atoms with Crippen molar-refractivity contribution in [1.82, 2.24) is 9.88 Å². The number of hydrogen-bond acceptors (Lipinski definition) is 6. The smallest absolute Gasteiger partial charge is 0.414 e. The fourth-order valence-corrected chi connectivity index (χ4v) is 4.42. The second kappa shape index (κ2) is 9.97. The van der Waals surface area contributed by atoms with Gasteiger partial charge in [-0.15, -0.1) is 0 Å². The van der Waals surface area contributed by atoms with Gasteiger partial charge < -0.3 is 19.3 Å². The molecule has 2 saturated heterocycles. The Hall–Kier alpha value is -3.20. The number of cyclic esters (lactones) is 1. The van der Waals surface area contributed by atoms with Crippen molar-refractivity contribution < 1.29 is 23.5 Å². The summed E-state index contributed by atoms with van der Waals surface area (Å²) in [4.78, 5) is 35.2. The summed E-state index contributed by atoms with van der Waals surface area (Å²) < 4.78 is 25.5. The highest BCUT2D eigenvalue weighted by atomic mass is 19.1. The zero-order valence-corrected chi connectivity index (χ0v) is 20.1. The van der Waals surface area contributed by atoms with Crippen LogP contribution >= 0.6 is 0 Å². The van der Waals surface area contributed by atoms with Crippen molar-refractivity contribution in [3.63, 3.8) is 0 Å². The molecule has 182 valence electrons. The lowest BCUT2D eigenvalue weighted by Gasteiger charge is -2.36. The van der Waals surface area contributed by atoms with Gasteiger partial charge in [0.25, 0.3) is 5.91 Å². The number of benzene rings is 1. The van der Waals surface area contributed by atoms with Crippen LogP contribution in [-0.4, -0.2) is 73.9 Å². The lowest BCUT2D eigenvalue weighted by Crippen LogP contribution is -2.49. The summed E-state index contributed by atoms with van der Waals surface area (Å²) in [6.07, 6.45) is -0.547. The summed E-state index contributed by atoms with van der Waals surface area (Å²) in [5.41, 5.74) is 3.59. The minimum Gasteiger partial charge on any atom is -0.447 e. The van der Waals surface area contributed by atoms with Gasteiger partial charge in [0.15, 0.2) is 0 Å². The molecule has 3 heterocycles. The minimum absolute atomic E-state index is 0.00777. The third-order valence-corrected chi connectivity index (χ3v) is 6.43. The SMILES string of the molecule is CCOCC1COC(=O)N1c1ccc(C(=O)N2CCN(c3nc(C)c(C)cc3C)CC2)c(F)c1. The Morgan fingerprint density at radius 1 is 1.15 bits per heavy atom. The summed E-state index contributed by atoms with van der Waals surface area (Å²) in [5.74, 6) is -0.0837. The molecule has 9 heteroatoms. The Bertz CT molecular complexity index is 1080. The van der Waals surface area contributed by atoms with E-state index < -0.39 is 11.9 Å². The number of aryl methyl sites for hydroxylation is 3. The number of hydrogen-bond donors (Lipinski definition) is 0. The molecule has 2 aromatic rings. The largest absolute Gasteiger partial charge is 0.447 e. The van der Waals surface area contributed by atoms with Crippen LogP contribution in [0.1, 0.15) is 34.1 Å². The van der Waals surface area contributed by atoms with Crippen LogP contribution in [0.2, 0.25) is 0 Å². The molecule has 4 rings (SSSR count). The van der Waals surface area contributed by atoms with E-state index in [-0.39, 0.29) is 24.1 Å². The topological polar surface area (TPSA) is 75.2 Å². The summed E-state index contributed by atoms with van der Waals surface area (Å²) in [5, 5.41) is 0. The number of nitrogens with zero attached hydrogens (tertiary/aromatic N) is 4. The first-order valence-corrected chi connectivity index (χ1v) is 11.6. The van der Waals surface area contributed by atoms with E-state index in [1.165, 1.54) is 17.0 Å². The van der Waals surface area contributed by atoms with Gasteiger partial charge >= 0.3 is 6.09 Å². The highest BCUT2D eigenvalue weighted by Crippen LogP contribution is 2.27. The Morgan fingerprint density at radius 3 is 2.56 bits per heavy atom. The first kappa shape index (κ1) is 23.9. The average molecular weight is 471 g/mol. The number of pyridine rings is 1. The molecule has 0 N–H and O–H groups in total. The van der Waals surface area contributed by atoms with Crippen molar-refractivity contribution in [2.45, 2.75) is 33.7 Å². The van der Waals surface area contributed by atoms with E-state index >= 15 is 4.39 Å². The molecule has 2 aliphatic heterocycles. The standard InChI is InChI=1S/C25H31FN4O4/c1-5-33-14-20-15-34-25(32)30(20)19-6-7-21(22(26)13-19)24(31)29-10-8-28(9-11-29)23-17(3)12-16(2)18(4)27-23/h6-7,12-13,20H,5,8-11,14-15H2,1-4H3. The predicted octanol–water partition coefficient (Wildman–Crippen LogP) is 3.47. The van der Waals surface area contributed by atoms with E-state index in [0.29, 0.717) is 45.1 Å². The van der Waals surface area contributed by atoms with Crippen LogP contribution in [0, 0.1) is 26.6 Å². The molecule has 0 radical (unpaired) electrons. The van der Waals surface area contributed by atoms with Gasteiger partial charge in [0, 0.05) is 38.5 Å². The number of ether oxygens (including phenoxy) is 2. The van der Waals surface area contributed by atoms with Gasteiger partial charge in [0.05, 0.1) is 23.9 Å². The van der Waals surface area contributed by atoms with Gasteiger partial charge in [0.2, 0.25) is 0 Å². The van der Waals surface area contributed by atoms with Crippen LogP contribution < -0.4 is 9.80 Å². The molecule has 1 unspecified atom stereocenters. The fraction of sp³-hybridized carbons (Fsp3) is 0.480. The lowest BCUT2D eigenvalue weighted by atomic mass is 10.1. The molecule has 0 aliphatic carbocycles. The van der Waals surface area contributed by atoms with Crippen LogP contribution in [0.4, 0.5) is 20.7 Å². The molecule has 1 aromatic heterocycles. The third-order valence-electron chi connectivity index (χ3n) is 6.43. The highest BCUT2D eigenvalue weighted by molar-refractivity contribution is 5.96. The van der Waals surface area contributed by atoms with Crippen LogP contribution in [0.15, 0.2) is 24.3 Å². The first-order valence-electron chi connectivity index (χ1n) is 11.6. The fourth-order valence-electron chi connectivity index (χ4n) is 4.42. The second-order valence-corrected chi connectivity index (χ2v) is 8.73. The number of carbonyl (C=O) groups excluding carboxylic acids is 2. The highest BCUT2D eigenvalue weighted by Gasteiger charge is 2.35. The van der Waals surface area contributed by atoms with Gasteiger partial charge in [-0.3, -0.25) is 9.69 Å². The van der Waals surface area contributed by atoms with Crippen LogP contribution in [0.5, 0.6) is 0 Å². The minimum atomic E-state index is -0.661. The zero-order valence-electron chi connectivity index (χ0n) is 20.1. The van der Waals surface area contributed by atoms with E-state index in [9.17, 15) is 9.59 Å². The molecule has 1 atom stereocenters. The molecule has 0 bridgehead atoms. The van der Waals surface area contributed by atoms with Crippen molar-refractivity contribution >= 4 is 23.5 Å². The first-order chi connectivity index (χ1) is 16.3. The molecule has 1 aromatic carbocycles. The third kappa shape index (κ3) is 4.70. The van der Waals surface area contributed by atoms with Crippen molar-refractivity contribution in [1.29, 1.82) is 0 Å². The van der Waals surface area contributed by atoms with Crippen LogP contribution in [0.3, 0.4) is 0 Å². The molecule has 2 fully saturated rings. The number of piperazine rings is 1. The molecule has 8 nitrogen and oxygen atoms in total. The molecular formula is C25H31FN4O4. The quantitative estimate of drug-likeness (QED) is 0.644. The number of aromatic nitrogens is 1.